The molecule has 1 aromatic carbocycles. The van der Waals surface area contributed by atoms with E-state index < -0.39 is 12.1 Å². The van der Waals surface area contributed by atoms with Crippen LogP contribution in [0, 0.1) is 5.92 Å². The number of carbonyl (C=O) groups is 1. The van der Waals surface area contributed by atoms with Crippen molar-refractivity contribution in [1.29, 1.82) is 0 Å². The smallest absolute Gasteiger partial charge is 0.331 e. The summed E-state index contributed by atoms with van der Waals surface area (Å²) in [6.07, 6.45) is 7.00. The van der Waals surface area contributed by atoms with Crippen LogP contribution in [-0.4, -0.2) is 70.5 Å². The minimum Gasteiger partial charge on any atom is -0.493 e. The van der Waals surface area contributed by atoms with Crippen LogP contribution in [0.4, 0.5) is 0 Å². The minimum atomic E-state index is -0.440. The van der Waals surface area contributed by atoms with Gasteiger partial charge in [0.25, 0.3) is 0 Å². The van der Waals surface area contributed by atoms with Crippen molar-refractivity contribution in [3.63, 3.8) is 0 Å². The molecule has 8 nitrogen and oxygen atoms in total. The Morgan fingerprint density at radius 3 is 2.31 bits per heavy atom. The van der Waals surface area contributed by atoms with Crippen molar-refractivity contribution in [1.82, 2.24) is 0 Å². The molecule has 0 amide bonds. The third-order valence-electron chi connectivity index (χ3n) is 7.60. The fourth-order valence-corrected chi connectivity index (χ4v) is 5.62. The van der Waals surface area contributed by atoms with E-state index in [4.69, 9.17) is 33.2 Å². The van der Waals surface area contributed by atoms with Gasteiger partial charge in [-0.1, -0.05) is 11.6 Å². The van der Waals surface area contributed by atoms with Gasteiger partial charge in [0.1, 0.15) is 23.4 Å². The van der Waals surface area contributed by atoms with Gasteiger partial charge in [-0.15, -0.1) is 0 Å². The number of epoxide rings is 2. The van der Waals surface area contributed by atoms with Crippen molar-refractivity contribution in [2.45, 2.75) is 69.5 Å². The van der Waals surface area contributed by atoms with Crippen LogP contribution in [0.25, 0.3) is 6.08 Å². The van der Waals surface area contributed by atoms with Crippen molar-refractivity contribution in [3.05, 3.63) is 35.4 Å². The summed E-state index contributed by atoms with van der Waals surface area (Å²) in [5.74, 6) is 1.05. The van der Waals surface area contributed by atoms with Gasteiger partial charge in [0.05, 0.1) is 40.0 Å². The SMILES string of the molecule is COc1cc(C=CC(=O)O[C@@H]2CC[C@]3(CO3)[C@@H]([C@@]3(C)O[C@@H]3CC=C(C)C)[C@@H]2OC)cc(OC)c1OC. The molecule has 2 aliphatic heterocycles. The summed E-state index contributed by atoms with van der Waals surface area (Å²) in [7, 11) is 6.31. The Morgan fingerprint density at radius 1 is 1.11 bits per heavy atom. The normalized spacial score (nSPS) is 32.8. The molecule has 8 heteroatoms. The van der Waals surface area contributed by atoms with Crippen molar-refractivity contribution in [2.24, 2.45) is 5.92 Å². The zero-order valence-corrected chi connectivity index (χ0v) is 22.3. The molecule has 4 rings (SSSR count). The number of carbonyl (C=O) groups excluding carboxylic acids is 1. The molecule has 0 radical (unpaired) electrons. The molecule has 1 spiro atoms. The van der Waals surface area contributed by atoms with Crippen LogP contribution in [0.3, 0.4) is 0 Å². The highest BCUT2D eigenvalue weighted by atomic mass is 16.6. The minimum absolute atomic E-state index is 0.0174. The number of hydrogen-bond donors (Lipinski definition) is 0. The number of allylic oxidation sites excluding steroid dienone is 1. The summed E-state index contributed by atoms with van der Waals surface area (Å²) >= 11 is 0. The number of hydrogen-bond acceptors (Lipinski definition) is 8. The van der Waals surface area contributed by atoms with Crippen molar-refractivity contribution in [2.75, 3.05) is 35.0 Å². The predicted molar refractivity (Wildman–Crippen MR) is 135 cm³/mol. The van der Waals surface area contributed by atoms with Crippen LogP contribution in [0.5, 0.6) is 17.2 Å². The van der Waals surface area contributed by atoms with Crippen LogP contribution in [-0.2, 0) is 23.7 Å². The molecule has 2 heterocycles. The van der Waals surface area contributed by atoms with Gasteiger partial charge in [-0.25, -0.2) is 4.79 Å². The molecular formula is C28H38O8. The molecule has 198 valence electrons. The highest BCUT2D eigenvalue weighted by Crippen LogP contribution is 2.59. The van der Waals surface area contributed by atoms with E-state index in [9.17, 15) is 4.79 Å². The Hall–Kier alpha value is -2.55. The molecule has 1 aliphatic carbocycles. The van der Waals surface area contributed by atoms with Gasteiger partial charge in [-0.2, -0.15) is 0 Å². The van der Waals surface area contributed by atoms with E-state index in [1.165, 1.54) is 11.6 Å². The maximum atomic E-state index is 12.8. The summed E-state index contributed by atoms with van der Waals surface area (Å²) < 4.78 is 40.2. The topological polar surface area (TPSA) is 88.3 Å². The van der Waals surface area contributed by atoms with E-state index in [0.717, 1.165) is 18.4 Å². The Labute approximate surface area is 213 Å². The van der Waals surface area contributed by atoms with Gasteiger partial charge in [0, 0.05) is 13.2 Å². The molecule has 0 aromatic heterocycles. The first-order chi connectivity index (χ1) is 17.2. The van der Waals surface area contributed by atoms with Gasteiger partial charge in [-0.3, -0.25) is 0 Å². The third-order valence-corrected chi connectivity index (χ3v) is 7.60. The zero-order valence-electron chi connectivity index (χ0n) is 22.3. The average Bonchev–Trinajstić information content (AvgIpc) is 3.78. The Morgan fingerprint density at radius 2 is 1.78 bits per heavy atom. The second kappa shape index (κ2) is 10.4. The monoisotopic (exact) mass is 502 g/mol. The first kappa shape index (κ1) is 26.5. The lowest BCUT2D eigenvalue weighted by Gasteiger charge is -2.42. The molecule has 0 N–H and O–H groups in total. The standard InChI is InChI=1S/C28H38O8/c1-17(2)8-10-22-27(3,36-22)26-25(33-7)19(12-13-28(26)16-34-28)35-23(29)11-9-18-14-20(30-4)24(32-6)21(15-18)31-5/h8-9,11,14-15,19,22,25-26H,10,12-13,16H2,1-7H3/t19-,22-,25-,26-,27+,28+/m1/s1. The van der Waals surface area contributed by atoms with Gasteiger partial charge >= 0.3 is 5.97 Å². The maximum Gasteiger partial charge on any atom is 0.331 e. The van der Waals surface area contributed by atoms with E-state index >= 15 is 0 Å². The lowest BCUT2D eigenvalue weighted by molar-refractivity contribution is -0.166. The summed E-state index contributed by atoms with van der Waals surface area (Å²) in [5, 5.41) is 0. The van der Waals surface area contributed by atoms with Gasteiger partial charge < -0.3 is 33.2 Å². The fraction of sp³-hybridized carbons (Fsp3) is 0.607. The summed E-state index contributed by atoms with van der Waals surface area (Å²) in [6.45, 7) is 6.99. The number of methoxy groups -OCH3 is 4. The number of esters is 1. The van der Waals surface area contributed by atoms with Crippen molar-refractivity contribution >= 4 is 12.0 Å². The molecule has 3 aliphatic rings. The Balaban J connectivity index is 1.47. The molecule has 0 bridgehead atoms. The lowest BCUT2D eigenvalue weighted by atomic mass is 9.68. The van der Waals surface area contributed by atoms with Crippen LogP contribution in [0.1, 0.15) is 45.6 Å². The largest absolute Gasteiger partial charge is 0.493 e. The molecule has 2 saturated heterocycles. The van der Waals surface area contributed by atoms with Gasteiger partial charge in [0.2, 0.25) is 5.75 Å². The maximum absolute atomic E-state index is 12.8. The Kier molecular flexibility index (Phi) is 7.69. The fourth-order valence-electron chi connectivity index (χ4n) is 5.62. The van der Waals surface area contributed by atoms with Gasteiger partial charge in [0.15, 0.2) is 11.5 Å². The van der Waals surface area contributed by atoms with E-state index in [2.05, 4.69) is 26.8 Å². The van der Waals surface area contributed by atoms with E-state index in [1.54, 1.807) is 46.6 Å². The highest BCUT2D eigenvalue weighted by Gasteiger charge is 2.72. The molecule has 1 aromatic rings. The summed E-state index contributed by atoms with van der Waals surface area (Å²) in [5.41, 5.74) is 1.35. The first-order valence-electron chi connectivity index (χ1n) is 12.4. The molecule has 1 saturated carbocycles. The second-order valence-corrected chi connectivity index (χ2v) is 10.1. The third kappa shape index (κ3) is 5.12. The first-order valence-corrected chi connectivity index (χ1v) is 12.4. The lowest BCUT2D eigenvalue weighted by Crippen LogP contribution is -2.55. The summed E-state index contributed by atoms with van der Waals surface area (Å²) in [4.78, 5) is 12.8. The number of rotatable bonds is 10. The van der Waals surface area contributed by atoms with Crippen molar-refractivity contribution < 1.29 is 38.0 Å². The molecule has 36 heavy (non-hydrogen) atoms. The van der Waals surface area contributed by atoms with E-state index in [-0.39, 0.29) is 29.3 Å². The Bertz CT molecular complexity index is 997. The van der Waals surface area contributed by atoms with Gasteiger partial charge in [-0.05, 0) is 63.8 Å². The average molecular weight is 503 g/mol. The highest BCUT2D eigenvalue weighted by molar-refractivity contribution is 5.87. The molecule has 0 unspecified atom stereocenters. The van der Waals surface area contributed by atoms with Crippen molar-refractivity contribution in [3.8, 4) is 17.2 Å². The predicted octanol–water partition coefficient (Wildman–Crippen LogP) is 4.35. The van der Waals surface area contributed by atoms with Crippen LogP contribution < -0.4 is 14.2 Å². The van der Waals surface area contributed by atoms with Crippen LogP contribution >= 0.6 is 0 Å². The second-order valence-electron chi connectivity index (χ2n) is 10.1. The number of benzene rings is 1. The number of ether oxygens (including phenoxy) is 7. The summed E-state index contributed by atoms with van der Waals surface area (Å²) in [6, 6.07) is 3.54. The van der Waals surface area contributed by atoms with Crippen LogP contribution in [0.2, 0.25) is 0 Å². The molecule has 3 fully saturated rings. The van der Waals surface area contributed by atoms with E-state index in [0.29, 0.717) is 30.3 Å². The zero-order chi connectivity index (χ0) is 26.1. The quantitative estimate of drug-likeness (QED) is 0.202. The molecular weight excluding hydrogens is 464 g/mol. The van der Waals surface area contributed by atoms with Crippen LogP contribution in [0.15, 0.2) is 29.9 Å². The van der Waals surface area contributed by atoms with E-state index in [1.807, 2.05) is 0 Å². The molecule has 6 atom stereocenters.